The van der Waals surface area contributed by atoms with Gasteiger partial charge >= 0.3 is 0 Å². The van der Waals surface area contributed by atoms with Crippen molar-refractivity contribution in [3.8, 4) is 39.8 Å². The van der Waals surface area contributed by atoms with Gasteiger partial charge in [-0.3, -0.25) is 4.57 Å². The van der Waals surface area contributed by atoms with Gasteiger partial charge in [-0.15, -0.1) is 0 Å². The first-order valence-electron chi connectivity index (χ1n) is 19.3. The fraction of sp³-hybridized carbons (Fsp3) is 0. The molecule has 0 aliphatic rings. The zero-order valence-electron chi connectivity index (χ0n) is 30.8. The van der Waals surface area contributed by atoms with E-state index in [2.05, 4.69) is 202 Å². The molecule has 0 amide bonds. The van der Waals surface area contributed by atoms with E-state index < -0.39 is 0 Å². The Bertz CT molecular complexity index is 3390. The highest BCUT2D eigenvalue weighted by Gasteiger charge is 2.24. The Labute approximate surface area is 328 Å². The van der Waals surface area contributed by atoms with Crippen LogP contribution in [0.5, 0.6) is 0 Å². The van der Waals surface area contributed by atoms with Gasteiger partial charge in [-0.25, -0.2) is 9.97 Å². The van der Waals surface area contributed by atoms with Crippen LogP contribution in [-0.4, -0.2) is 23.7 Å². The molecule has 0 spiro atoms. The van der Waals surface area contributed by atoms with E-state index in [9.17, 15) is 0 Å². The van der Waals surface area contributed by atoms with E-state index in [1.54, 1.807) is 0 Å². The van der Waals surface area contributed by atoms with Crippen molar-refractivity contribution in [2.75, 3.05) is 0 Å². The zero-order valence-corrected chi connectivity index (χ0v) is 30.8. The molecule has 0 aliphatic heterocycles. The Balaban J connectivity index is 1.25. The fourth-order valence-electron chi connectivity index (χ4n) is 8.98. The summed E-state index contributed by atoms with van der Waals surface area (Å²) in [6.07, 6.45) is 0. The number of aromatic nitrogens is 5. The number of rotatable bonds is 5. The number of benzene rings is 8. The molecule has 12 aromatic rings. The number of nitrogens with zero attached hydrogens (tertiary/aromatic N) is 5. The van der Waals surface area contributed by atoms with Gasteiger partial charge in [-0.1, -0.05) is 146 Å². The summed E-state index contributed by atoms with van der Waals surface area (Å²) < 4.78 is 7.11. The van der Waals surface area contributed by atoms with Gasteiger partial charge in [0, 0.05) is 54.8 Å². The molecule has 0 atom stereocenters. The Morgan fingerprint density at radius 1 is 0.281 bits per heavy atom. The summed E-state index contributed by atoms with van der Waals surface area (Å²) in [6, 6.07) is 71.2. The van der Waals surface area contributed by atoms with Gasteiger partial charge in [0.25, 0.3) is 0 Å². The van der Waals surface area contributed by atoms with Gasteiger partial charge in [0.2, 0.25) is 5.95 Å². The minimum absolute atomic E-state index is 0.622. The molecule has 266 valence electrons. The van der Waals surface area contributed by atoms with Gasteiger partial charge in [0.15, 0.2) is 0 Å². The number of fused-ring (bicyclic) bond motifs is 10. The van der Waals surface area contributed by atoms with Crippen LogP contribution in [-0.2, 0) is 0 Å². The van der Waals surface area contributed by atoms with Crippen LogP contribution < -0.4 is 0 Å². The minimum Gasteiger partial charge on any atom is -0.309 e. The van der Waals surface area contributed by atoms with E-state index in [-0.39, 0.29) is 0 Å². The van der Waals surface area contributed by atoms with E-state index >= 15 is 0 Å². The van der Waals surface area contributed by atoms with Crippen molar-refractivity contribution in [3.63, 3.8) is 0 Å². The van der Waals surface area contributed by atoms with Gasteiger partial charge < -0.3 is 9.13 Å². The van der Waals surface area contributed by atoms with Crippen LogP contribution in [0.1, 0.15) is 0 Å². The van der Waals surface area contributed by atoms with E-state index in [0.717, 1.165) is 66.7 Å². The quantitative estimate of drug-likeness (QED) is 0.177. The molecule has 0 bridgehead atoms. The third kappa shape index (κ3) is 4.76. The molecule has 8 aromatic carbocycles. The lowest BCUT2D eigenvalue weighted by atomic mass is 10.1. The summed E-state index contributed by atoms with van der Waals surface area (Å²) in [7, 11) is 0. The van der Waals surface area contributed by atoms with Crippen LogP contribution in [0.3, 0.4) is 0 Å². The molecular formula is C52H33N5. The highest BCUT2D eigenvalue weighted by Crippen LogP contribution is 2.43. The summed E-state index contributed by atoms with van der Waals surface area (Å²) >= 11 is 0. The van der Waals surface area contributed by atoms with Crippen LogP contribution in [0.4, 0.5) is 0 Å². The monoisotopic (exact) mass is 727 g/mol. The Morgan fingerprint density at radius 3 is 1.30 bits per heavy atom. The normalized spacial score (nSPS) is 11.9. The molecular weight excluding hydrogens is 695 g/mol. The topological polar surface area (TPSA) is 40.6 Å². The maximum Gasteiger partial charge on any atom is 0.235 e. The van der Waals surface area contributed by atoms with Gasteiger partial charge in [-0.05, 0) is 54.6 Å². The van der Waals surface area contributed by atoms with Crippen molar-refractivity contribution in [1.29, 1.82) is 0 Å². The summed E-state index contributed by atoms with van der Waals surface area (Å²) in [6.45, 7) is 0. The second-order valence-corrected chi connectivity index (χ2v) is 14.6. The number of para-hydroxylation sites is 4. The van der Waals surface area contributed by atoms with Crippen LogP contribution >= 0.6 is 0 Å². The Hall–Kier alpha value is -7.76. The molecule has 0 unspecified atom stereocenters. The molecule has 12 rings (SSSR count). The van der Waals surface area contributed by atoms with E-state index in [4.69, 9.17) is 9.97 Å². The van der Waals surface area contributed by atoms with Gasteiger partial charge in [0.1, 0.15) is 0 Å². The predicted molar refractivity (Wildman–Crippen MR) is 236 cm³/mol. The second-order valence-electron chi connectivity index (χ2n) is 14.6. The third-order valence-corrected chi connectivity index (χ3v) is 11.5. The molecule has 0 saturated carbocycles. The van der Waals surface area contributed by atoms with Crippen molar-refractivity contribution in [2.24, 2.45) is 0 Å². The van der Waals surface area contributed by atoms with Crippen LogP contribution in [0.25, 0.3) is 105 Å². The summed E-state index contributed by atoms with van der Waals surface area (Å²) in [5.74, 6) is 0.622. The summed E-state index contributed by atoms with van der Waals surface area (Å²) in [5, 5.41) is 7.12. The number of hydrogen-bond acceptors (Lipinski definition) is 2. The highest BCUT2D eigenvalue weighted by molar-refractivity contribution is 6.24. The van der Waals surface area contributed by atoms with Crippen LogP contribution in [0.15, 0.2) is 200 Å². The van der Waals surface area contributed by atoms with Crippen molar-refractivity contribution < 1.29 is 0 Å². The average molecular weight is 728 g/mol. The first-order chi connectivity index (χ1) is 28.3. The molecule has 0 fully saturated rings. The lowest BCUT2D eigenvalue weighted by Crippen LogP contribution is -2.05. The average Bonchev–Trinajstić information content (AvgIpc) is 3.93. The van der Waals surface area contributed by atoms with Crippen LogP contribution in [0, 0.1) is 0 Å². The lowest BCUT2D eigenvalue weighted by molar-refractivity contribution is 0.994. The van der Waals surface area contributed by atoms with Crippen molar-refractivity contribution in [1.82, 2.24) is 23.7 Å². The number of hydrogen-bond donors (Lipinski definition) is 0. The largest absolute Gasteiger partial charge is 0.309 e. The van der Waals surface area contributed by atoms with Crippen molar-refractivity contribution in [3.05, 3.63) is 200 Å². The molecule has 0 saturated heterocycles. The van der Waals surface area contributed by atoms with Crippen molar-refractivity contribution >= 4 is 65.4 Å². The lowest BCUT2D eigenvalue weighted by Gasteiger charge is -2.14. The maximum atomic E-state index is 5.43. The second kappa shape index (κ2) is 12.4. The zero-order chi connectivity index (χ0) is 37.5. The molecule has 5 heteroatoms. The first kappa shape index (κ1) is 31.6. The van der Waals surface area contributed by atoms with Crippen LogP contribution in [0.2, 0.25) is 0 Å². The maximum absolute atomic E-state index is 5.43. The minimum atomic E-state index is 0.622. The van der Waals surface area contributed by atoms with Crippen molar-refractivity contribution in [2.45, 2.75) is 0 Å². The van der Waals surface area contributed by atoms with E-state index in [1.165, 1.54) is 32.6 Å². The molecule has 0 aliphatic carbocycles. The molecule has 4 aromatic heterocycles. The Kier molecular flexibility index (Phi) is 6.86. The SMILES string of the molecule is c1ccc(-c2cc(-c3ccccc3)nc(-n3c4ccc(-n5c6ccccc6c6ccccc65)cc4c4ccc5c6ccccc6n(-c6ccccc6)c5c43)n2)cc1. The Morgan fingerprint density at radius 2 is 0.719 bits per heavy atom. The van der Waals surface area contributed by atoms with E-state index in [0.29, 0.717) is 5.95 Å². The van der Waals surface area contributed by atoms with E-state index in [1.807, 2.05) is 12.1 Å². The molecule has 0 N–H and O–H groups in total. The highest BCUT2D eigenvalue weighted by atomic mass is 15.2. The molecule has 57 heavy (non-hydrogen) atoms. The first-order valence-corrected chi connectivity index (χ1v) is 19.3. The van der Waals surface area contributed by atoms with Gasteiger partial charge in [-0.2, -0.15) is 0 Å². The molecule has 0 radical (unpaired) electrons. The standard InChI is InChI=1S/C52H33N5/c1-4-16-34(17-5-1)44-33-45(35-18-6-2-7-19-35)54-52(53-44)57-49-31-28-37(55-46-25-13-10-22-38(46)39-23-11-14-26-47(39)55)32-43(49)42-30-29-41-40-24-12-15-27-48(40)56(50(41)51(42)57)36-20-8-3-9-21-36/h1-33H. The molecule has 4 heterocycles. The molecule has 5 nitrogen and oxygen atoms in total. The smallest absolute Gasteiger partial charge is 0.235 e. The van der Waals surface area contributed by atoms with Gasteiger partial charge in [0.05, 0.1) is 44.5 Å². The summed E-state index contributed by atoms with van der Waals surface area (Å²) in [5.41, 5.74) is 12.7. The predicted octanol–water partition coefficient (Wildman–Crippen LogP) is 13.1. The summed E-state index contributed by atoms with van der Waals surface area (Å²) in [4.78, 5) is 10.9. The third-order valence-electron chi connectivity index (χ3n) is 11.5. The fourth-order valence-corrected chi connectivity index (χ4v) is 8.98.